The molecule has 28 heavy (non-hydrogen) atoms. The van der Waals surface area contributed by atoms with E-state index in [1.54, 1.807) is 23.3 Å². The number of hydrogen-bond acceptors (Lipinski definition) is 5. The third-order valence-corrected chi connectivity index (χ3v) is 6.86. The van der Waals surface area contributed by atoms with Crippen molar-refractivity contribution in [2.45, 2.75) is 38.0 Å². The van der Waals surface area contributed by atoms with E-state index < -0.39 is 5.92 Å². The molecule has 0 radical (unpaired) electrons. The fraction of sp³-hybridized carbons (Fsp3) is 0.600. The van der Waals surface area contributed by atoms with Gasteiger partial charge in [0.25, 0.3) is 5.92 Å². The summed E-state index contributed by atoms with van der Waals surface area (Å²) in [5.74, 6) is -1.43. The largest absolute Gasteiger partial charge is 0.497 e. The minimum atomic E-state index is -2.61. The number of rotatable bonds is 4. The second kappa shape index (κ2) is 7.81. The summed E-state index contributed by atoms with van der Waals surface area (Å²) in [5.41, 5.74) is 0.972. The lowest BCUT2D eigenvalue weighted by Gasteiger charge is -2.35. The van der Waals surface area contributed by atoms with Crippen LogP contribution in [0.4, 0.5) is 13.9 Å². The smallest absolute Gasteiger partial charge is 0.251 e. The zero-order valence-electron chi connectivity index (χ0n) is 16.0. The first-order chi connectivity index (χ1) is 13.4. The number of methoxy groups -OCH3 is 1. The SMILES string of the molecule is COc1ccc2nc(N3CCC(CC(=O)N4CCC(F)(F)CC4)CC3)sc2c1. The summed E-state index contributed by atoms with van der Waals surface area (Å²) >= 11 is 1.66. The second-order valence-electron chi connectivity index (χ2n) is 7.70. The number of amides is 1. The fourth-order valence-corrected chi connectivity index (χ4v) is 4.99. The molecule has 0 saturated carbocycles. The zero-order chi connectivity index (χ0) is 19.7. The van der Waals surface area contributed by atoms with Crippen molar-refractivity contribution in [1.29, 1.82) is 0 Å². The highest BCUT2D eigenvalue weighted by atomic mass is 32.1. The highest BCUT2D eigenvalue weighted by Crippen LogP contribution is 2.34. The maximum Gasteiger partial charge on any atom is 0.251 e. The van der Waals surface area contributed by atoms with Gasteiger partial charge in [-0.15, -0.1) is 0 Å². The lowest BCUT2D eigenvalue weighted by atomic mass is 9.92. The molecule has 1 amide bonds. The molecule has 8 heteroatoms. The van der Waals surface area contributed by atoms with Gasteiger partial charge in [0.05, 0.1) is 17.3 Å². The van der Waals surface area contributed by atoms with Crippen LogP contribution in [0.3, 0.4) is 0 Å². The monoisotopic (exact) mass is 409 g/mol. The lowest BCUT2D eigenvalue weighted by molar-refractivity contribution is -0.138. The van der Waals surface area contributed by atoms with Gasteiger partial charge in [-0.25, -0.2) is 13.8 Å². The van der Waals surface area contributed by atoms with Crippen molar-refractivity contribution >= 4 is 32.6 Å². The van der Waals surface area contributed by atoms with E-state index in [0.29, 0.717) is 12.3 Å². The maximum atomic E-state index is 13.3. The molecule has 0 spiro atoms. The predicted octanol–water partition coefficient (Wildman–Crippen LogP) is 4.17. The molecule has 0 bridgehead atoms. The molecule has 2 saturated heterocycles. The number of likely N-dealkylation sites (tertiary alicyclic amines) is 1. The van der Waals surface area contributed by atoms with Crippen LogP contribution >= 0.6 is 11.3 Å². The summed E-state index contributed by atoms with van der Waals surface area (Å²) in [7, 11) is 1.66. The maximum absolute atomic E-state index is 13.3. The van der Waals surface area contributed by atoms with Crippen LogP contribution in [0, 0.1) is 5.92 Å². The minimum absolute atomic E-state index is 0.0287. The first kappa shape index (κ1) is 19.4. The molecule has 2 aliphatic heterocycles. The van der Waals surface area contributed by atoms with E-state index in [4.69, 9.17) is 9.72 Å². The van der Waals surface area contributed by atoms with Gasteiger partial charge in [0.1, 0.15) is 5.75 Å². The number of carbonyl (C=O) groups excluding carboxylic acids is 1. The van der Waals surface area contributed by atoms with E-state index in [9.17, 15) is 13.6 Å². The molecule has 0 atom stereocenters. The van der Waals surface area contributed by atoms with Gasteiger partial charge >= 0.3 is 0 Å². The Kier molecular flexibility index (Phi) is 5.40. The Balaban J connectivity index is 1.30. The summed E-state index contributed by atoms with van der Waals surface area (Å²) < 4.78 is 32.9. The van der Waals surface area contributed by atoms with Gasteiger partial charge in [-0.1, -0.05) is 11.3 Å². The number of fused-ring (bicyclic) bond motifs is 1. The van der Waals surface area contributed by atoms with Gasteiger partial charge in [0.2, 0.25) is 5.91 Å². The lowest BCUT2D eigenvalue weighted by Crippen LogP contribution is -2.44. The van der Waals surface area contributed by atoms with Crippen molar-refractivity contribution in [2.75, 3.05) is 38.2 Å². The number of piperidine rings is 2. The summed E-state index contributed by atoms with van der Waals surface area (Å²) in [6.07, 6.45) is 1.90. The van der Waals surface area contributed by atoms with E-state index in [1.165, 1.54) is 0 Å². The standard InChI is InChI=1S/C20H25F2N3O2S/c1-27-15-2-3-16-17(13-15)28-19(23-16)25-8-4-14(5-9-25)12-18(26)24-10-6-20(21,22)7-11-24/h2-3,13-14H,4-12H2,1H3. The average Bonchev–Trinajstić information content (AvgIpc) is 3.11. The molecule has 2 aliphatic rings. The summed E-state index contributed by atoms with van der Waals surface area (Å²) in [6, 6.07) is 5.89. The molecule has 3 heterocycles. The Morgan fingerprint density at radius 2 is 1.96 bits per heavy atom. The molecule has 0 unspecified atom stereocenters. The van der Waals surface area contributed by atoms with E-state index >= 15 is 0 Å². The van der Waals surface area contributed by atoms with Crippen molar-refractivity contribution in [3.8, 4) is 5.75 Å². The average molecular weight is 410 g/mol. The van der Waals surface area contributed by atoms with Crippen molar-refractivity contribution in [3.05, 3.63) is 18.2 Å². The Hall–Kier alpha value is -1.96. The van der Waals surface area contributed by atoms with Gasteiger partial charge in [-0.3, -0.25) is 4.79 Å². The van der Waals surface area contributed by atoms with Crippen LogP contribution in [0.2, 0.25) is 0 Å². The number of ether oxygens (including phenoxy) is 1. The van der Waals surface area contributed by atoms with Gasteiger partial charge in [0, 0.05) is 45.4 Å². The molecule has 1 aromatic heterocycles. The molecule has 1 aromatic carbocycles. The van der Waals surface area contributed by atoms with Crippen LogP contribution in [0.5, 0.6) is 5.75 Å². The number of carbonyl (C=O) groups is 1. The molecule has 0 aliphatic carbocycles. The van der Waals surface area contributed by atoms with Crippen molar-refractivity contribution in [2.24, 2.45) is 5.92 Å². The number of nitrogens with zero attached hydrogens (tertiary/aromatic N) is 3. The first-order valence-corrected chi connectivity index (χ1v) is 10.6. The second-order valence-corrected chi connectivity index (χ2v) is 8.71. The van der Waals surface area contributed by atoms with Gasteiger partial charge in [0.15, 0.2) is 5.13 Å². The van der Waals surface area contributed by atoms with E-state index in [2.05, 4.69) is 4.90 Å². The van der Waals surface area contributed by atoms with Gasteiger partial charge in [-0.2, -0.15) is 0 Å². The number of hydrogen-bond donors (Lipinski definition) is 0. The quantitative estimate of drug-likeness (QED) is 0.760. The summed E-state index contributed by atoms with van der Waals surface area (Å²) in [6.45, 7) is 2.10. The fourth-order valence-electron chi connectivity index (χ4n) is 3.94. The third kappa shape index (κ3) is 4.21. The van der Waals surface area contributed by atoms with Crippen LogP contribution < -0.4 is 9.64 Å². The molecule has 2 fully saturated rings. The van der Waals surface area contributed by atoms with Gasteiger partial charge in [-0.05, 0) is 37.0 Å². The van der Waals surface area contributed by atoms with Crippen LogP contribution in [-0.4, -0.2) is 55.0 Å². The van der Waals surface area contributed by atoms with Gasteiger partial charge < -0.3 is 14.5 Å². The molecule has 4 rings (SSSR count). The van der Waals surface area contributed by atoms with Crippen molar-refractivity contribution in [1.82, 2.24) is 9.88 Å². The Morgan fingerprint density at radius 1 is 1.25 bits per heavy atom. The predicted molar refractivity (Wildman–Crippen MR) is 106 cm³/mol. The highest BCUT2D eigenvalue weighted by molar-refractivity contribution is 7.22. The normalized spacial score (nSPS) is 20.5. The summed E-state index contributed by atoms with van der Waals surface area (Å²) in [4.78, 5) is 21.1. The molecule has 152 valence electrons. The number of alkyl halides is 2. The molecular weight excluding hydrogens is 384 g/mol. The number of halogens is 2. The van der Waals surface area contributed by atoms with Crippen molar-refractivity contribution in [3.63, 3.8) is 0 Å². The highest BCUT2D eigenvalue weighted by Gasteiger charge is 2.36. The summed E-state index contributed by atoms with van der Waals surface area (Å²) in [5, 5.41) is 1.01. The van der Waals surface area contributed by atoms with Crippen LogP contribution in [0.1, 0.15) is 32.1 Å². The first-order valence-electron chi connectivity index (χ1n) is 9.79. The zero-order valence-corrected chi connectivity index (χ0v) is 16.8. The number of benzene rings is 1. The molecular formula is C20H25F2N3O2S. The van der Waals surface area contributed by atoms with Crippen LogP contribution in [0.25, 0.3) is 10.2 Å². The molecule has 5 nitrogen and oxygen atoms in total. The minimum Gasteiger partial charge on any atom is -0.497 e. The van der Waals surface area contributed by atoms with E-state index in [1.807, 2.05) is 18.2 Å². The Bertz CT molecular complexity index is 839. The topological polar surface area (TPSA) is 45.7 Å². The van der Waals surface area contributed by atoms with Crippen LogP contribution in [-0.2, 0) is 4.79 Å². The Morgan fingerprint density at radius 3 is 2.64 bits per heavy atom. The Labute approximate surface area is 167 Å². The van der Waals surface area contributed by atoms with Crippen molar-refractivity contribution < 1.29 is 18.3 Å². The number of anilines is 1. The molecule has 0 N–H and O–H groups in total. The number of thiazole rings is 1. The van der Waals surface area contributed by atoms with Crippen LogP contribution in [0.15, 0.2) is 18.2 Å². The molecule has 2 aromatic rings. The van der Waals surface area contributed by atoms with E-state index in [0.717, 1.165) is 47.0 Å². The number of aromatic nitrogens is 1. The third-order valence-electron chi connectivity index (χ3n) is 5.78. The van der Waals surface area contributed by atoms with E-state index in [-0.39, 0.29) is 31.8 Å².